The number of anilines is 1. The number of nitrogens with zero attached hydrogens (tertiary/aromatic N) is 3. The third-order valence-electron chi connectivity index (χ3n) is 6.79. The van der Waals surface area contributed by atoms with Gasteiger partial charge >= 0.3 is 0 Å². The smallest absolute Gasteiger partial charge is 0.253 e. The fourth-order valence-corrected chi connectivity index (χ4v) is 5.07. The molecule has 1 N–H and O–H groups in total. The lowest BCUT2D eigenvalue weighted by Gasteiger charge is -2.36. The van der Waals surface area contributed by atoms with Crippen LogP contribution in [0.5, 0.6) is 0 Å². The van der Waals surface area contributed by atoms with E-state index in [9.17, 15) is 14.4 Å². The minimum Gasteiger partial charge on any atom is -0.368 e. The maximum absolute atomic E-state index is 13.0. The minimum absolute atomic E-state index is 0.0126. The van der Waals surface area contributed by atoms with Crippen molar-refractivity contribution >= 4 is 35.0 Å². The molecule has 1 atom stereocenters. The van der Waals surface area contributed by atoms with Crippen LogP contribution < -0.4 is 10.2 Å². The Bertz CT molecular complexity index is 1060. The molecule has 3 amide bonds. The van der Waals surface area contributed by atoms with Crippen LogP contribution in [-0.2, 0) is 9.59 Å². The molecule has 0 spiro atoms. The molecule has 2 fully saturated rings. The summed E-state index contributed by atoms with van der Waals surface area (Å²) in [6.07, 6.45) is 1.49. The predicted octanol–water partition coefficient (Wildman–Crippen LogP) is 3.27. The van der Waals surface area contributed by atoms with Crippen LogP contribution in [0, 0.1) is 19.8 Å². The van der Waals surface area contributed by atoms with Crippen molar-refractivity contribution in [2.75, 3.05) is 50.7 Å². The number of carbonyl (C=O) groups is 3. The molecule has 0 bridgehead atoms. The molecule has 2 aromatic rings. The van der Waals surface area contributed by atoms with Crippen LogP contribution in [-0.4, -0.2) is 73.3 Å². The van der Waals surface area contributed by atoms with Crippen LogP contribution in [0.1, 0.15) is 34.3 Å². The normalized spacial score (nSPS) is 18.4. The van der Waals surface area contributed by atoms with E-state index < -0.39 is 0 Å². The van der Waals surface area contributed by atoms with Gasteiger partial charge in [-0.25, -0.2) is 0 Å². The van der Waals surface area contributed by atoms with E-state index in [0.717, 1.165) is 42.7 Å². The van der Waals surface area contributed by atoms with Crippen LogP contribution in [0.15, 0.2) is 42.5 Å². The fourth-order valence-electron chi connectivity index (χ4n) is 4.94. The monoisotopic (exact) mass is 496 g/mol. The average Bonchev–Trinajstić information content (AvgIpc) is 2.86. The first-order chi connectivity index (χ1) is 16.8. The number of rotatable bonds is 5. The zero-order valence-electron chi connectivity index (χ0n) is 20.4. The van der Waals surface area contributed by atoms with Gasteiger partial charge in [-0.2, -0.15) is 0 Å². The minimum atomic E-state index is -0.298. The Kier molecular flexibility index (Phi) is 7.96. The van der Waals surface area contributed by atoms with Gasteiger partial charge in [0.15, 0.2) is 0 Å². The van der Waals surface area contributed by atoms with Gasteiger partial charge in [0, 0.05) is 55.5 Å². The fraction of sp³-hybridized carbons (Fsp3) is 0.444. The largest absolute Gasteiger partial charge is 0.368 e. The first-order valence-electron chi connectivity index (χ1n) is 12.2. The van der Waals surface area contributed by atoms with E-state index in [-0.39, 0.29) is 30.2 Å². The molecule has 0 aliphatic carbocycles. The number of likely N-dealkylation sites (tertiary alicyclic amines) is 1. The number of piperazine rings is 1. The second-order valence-corrected chi connectivity index (χ2v) is 9.97. The van der Waals surface area contributed by atoms with Gasteiger partial charge in [0.05, 0.1) is 12.5 Å². The number of benzene rings is 2. The van der Waals surface area contributed by atoms with Gasteiger partial charge in [-0.05, 0) is 63.1 Å². The highest BCUT2D eigenvalue weighted by Gasteiger charge is 2.30. The van der Waals surface area contributed by atoms with Crippen molar-refractivity contribution in [1.29, 1.82) is 0 Å². The Balaban J connectivity index is 1.24. The standard InChI is InChI=1S/C27H33ClN4O3/c1-19-14-20(2)16-22(15-19)27(35)32-9-3-4-21(18-32)26(34)29-17-25(33)31-12-10-30(11-13-31)24-7-5-23(28)6-8-24/h5-8,14-16,21H,3-4,9-13,17-18H2,1-2H3,(H,29,34). The van der Waals surface area contributed by atoms with Crippen molar-refractivity contribution in [1.82, 2.24) is 15.1 Å². The highest BCUT2D eigenvalue weighted by atomic mass is 35.5. The maximum Gasteiger partial charge on any atom is 0.253 e. The third-order valence-corrected chi connectivity index (χ3v) is 7.04. The molecule has 4 rings (SSSR count). The molecule has 8 heteroatoms. The summed E-state index contributed by atoms with van der Waals surface area (Å²) < 4.78 is 0. The molecule has 7 nitrogen and oxygen atoms in total. The van der Waals surface area contributed by atoms with Crippen molar-refractivity contribution in [3.05, 3.63) is 64.2 Å². The summed E-state index contributed by atoms with van der Waals surface area (Å²) in [6, 6.07) is 13.5. The summed E-state index contributed by atoms with van der Waals surface area (Å²) >= 11 is 5.97. The summed E-state index contributed by atoms with van der Waals surface area (Å²) in [5, 5.41) is 3.52. The summed E-state index contributed by atoms with van der Waals surface area (Å²) in [4.78, 5) is 44.3. The van der Waals surface area contributed by atoms with E-state index >= 15 is 0 Å². The topological polar surface area (TPSA) is 73.0 Å². The number of halogens is 1. The van der Waals surface area contributed by atoms with E-state index in [0.29, 0.717) is 36.8 Å². The van der Waals surface area contributed by atoms with Crippen LogP contribution >= 0.6 is 11.6 Å². The molecule has 2 saturated heterocycles. The van der Waals surface area contributed by atoms with Crippen LogP contribution in [0.4, 0.5) is 5.69 Å². The SMILES string of the molecule is Cc1cc(C)cc(C(=O)N2CCCC(C(=O)NCC(=O)N3CCN(c4ccc(Cl)cc4)CC3)C2)c1. The zero-order valence-corrected chi connectivity index (χ0v) is 21.2. The molecule has 2 aliphatic heterocycles. The van der Waals surface area contributed by atoms with Crippen molar-refractivity contribution in [3.8, 4) is 0 Å². The van der Waals surface area contributed by atoms with E-state index in [1.165, 1.54) is 0 Å². The second kappa shape index (κ2) is 11.1. The first kappa shape index (κ1) is 25.0. The number of hydrogen-bond acceptors (Lipinski definition) is 4. The molecular weight excluding hydrogens is 464 g/mol. The van der Waals surface area contributed by atoms with E-state index in [1.54, 1.807) is 9.80 Å². The summed E-state index contributed by atoms with van der Waals surface area (Å²) in [5.74, 6) is -0.568. The number of carbonyl (C=O) groups excluding carboxylic acids is 3. The first-order valence-corrected chi connectivity index (χ1v) is 12.6. The van der Waals surface area contributed by atoms with Crippen molar-refractivity contribution in [2.45, 2.75) is 26.7 Å². The lowest BCUT2D eigenvalue weighted by atomic mass is 9.96. The lowest BCUT2D eigenvalue weighted by molar-refractivity contribution is -0.134. The number of hydrogen-bond donors (Lipinski definition) is 1. The van der Waals surface area contributed by atoms with Crippen molar-refractivity contribution in [2.24, 2.45) is 5.92 Å². The zero-order chi connectivity index (χ0) is 24.9. The quantitative estimate of drug-likeness (QED) is 0.689. The number of piperidine rings is 1. The molecule has 186 valence electrons. The van der Waals surface area contributed by atoms with Gasteiger partial charge < -0.3 is 20.0 Å². The molecular formula is C27H33ClN4O3. The highest BCUT2D eigenvalue weighted by Crippen LogP contribution is 2.21. The second-order valence-electron chi connectivity index (χ2n) is 9.53. The number of nitrogens with one attached hydrogen (secondary N) is 1. The number of aryl methyl sites for hydroxylation is 2. The molecule has 2 aliphatic rings. The van der Waals surface area contributed by atoms with Gasteiger partial charge in [-0.1, -0.05) is 28.8 Å². The third kappa shape index (κ3) is 6.34. The average molecular weight is 497 g/mol. The van der Waals surface area contributed by atoms with Crippen LogP contribution in [0.25, 0.3) is 0 Å². The Morgan fingerprint density at radius 2 is 1.57 bits per heavy atom. The van der Waals surface area contributed by atoms with Crippen molar-refractivity contribution < 1.29 is 14.4 Å². The molecule has 35 heavy (non-hydrogen) atoms. The van der Waals surface area contributed by atoms with Gasteiger partial charge in [0.1, 0.15) is 0 Å². The molecule has 2 heterocycles. The Morgan fingerprint density at radius 1 is 0.914 bits per heavy atom. The maximum atomic E-state index is 13.0. The summed E-state index contributed by atoms with van der Waals surface area (Å²) in [7, 11) is 0. The molecule has 1 unspecified atom stereocenters. The molecule has 0 radical (unpaired) electrons. The number of amides is 3. The molecule has 2 aromatic carbocycles. The van der Waals surface area contributed by atoms with Crippen LogP contribution in [0.3, 0.4) is 0 Å². The lowest BCUT2D eigenvalue weighted by Crippen LogP contribution is -2.52. The Labute approximate surface area is 212 Å². The summed E-state index contributed by atoms with van der Waals surface area (Å²) in [6.45, 7) is 7.66. The molecule has 0 aromatic heterocycles. The van der Waals surface area contributed by atoms with Gasteiger partial charge in [-0.15, -0.1) is 0 Å². The molecule has 0 saturated carbocycles. The predicted molar refractivity (Wildman–Crippen MR) is 138 cm³/mol. The van der Waals surface area contributed by atoms with Crippen LogP contribution in [0.2, 0.25) is 5.02 Å². The van der Waals surface area contributed by atoms with Gasteiger partial charge in [-0.3, -0.25) is 14.4 Å². The highest BCUT2D eigenvalue weighted by molar-refractivity contribution is 6.30. The Morgan fingerprint density at radius 3 is 2.23 bits per heavy atom. The van der Waals surface area contributed by atoms with E-state index in [2.05, 4.69) is 10.2 Å². The summed E-state index contributed by atoms with van der Waals surface area (Å²) in [5.41, 5.74) is 3.85. The van der Waals surface area contributed by atoms with E-state index in [1.807, 2.05) is 56.3 Å². The van der Waals surface area contributed by atoms with E-state index in [4.69, 9.17) is 11.6 Å². The van der Waals surface area contributed by atoms with Crippen molar-refractivity contribution in [3.63, 3.8) is 0 Å². The van der Waals surface area contributed by atoms with Gasteiger partial charge in [0.25, 0.3) is 5.91 Å². The van der Waals surface area contributed by atoms with Gasteiger partial charge in [0.2, 0.25) is 11.8 Å². The Hall–Kier alpha value is -3.06.